The Bertz CT molecular complexity index is 1170. The van der Waals surface area contributed by atoms with Crippen LogP contribution in [0, 0.1) is 0 Å². The molecule has 0 spiro atoms. The Morgan fingerprint density at radius 1 is 1.03 bits per heavy atom. The second kappa shape index (κ2) is 8.49. The number of benzene rings is 1. The van der Waals surface area contributed by atoms with Crippen LogP contribution in [0.4, 0.5) is 0 Å². The van der Waals surface area contributed by atoms with Crippen LogP contribution < -0.4 is 4.74 Å². The minimum Gasteiger partial charge on any atom is -0.497 e. The summed E-state index contributed by atoms with van der Waals surface area (Å²) < 4.78 is 7.58. The molecule has 6 heteroatoms. The van der Waals surface area contributed by atoms with E-state index in [1.54, 1.807) is 7.11 Å². The van der Waals surface area contributed by atoms with Crippen molar-refractivity contribution < 1.29 is 4.74 Å². The summed E-state index contributed by atoms with van der Waals surface area (Å²) in [5, 5.41) is 0. The Morgan fingerprint density at radius 2 is 1.87 bits per heavy atom. The molecule has 1 atom stereocenters. The number of hydrogen-bond acceptors (Lipinski definition) is 5. The second-order valence-corrected chi connectivity index (χ2v) is 8.12. The third-order valence-electron chi connectivity index (χ3n) is 6.10. The Hall–Kier alpha value is -3.22. The van der Waals surface area contributed by atoms with E-state index in [1.165, 1.54) is 5.56 Å². The smallest absolute Gasteiger partial charge is 0.137 e. The number of rotatable bonds is 5. The average molecular weight is 414 g/mol. The topological polar surface area (TPSA) is 45.9 Å². The third-order valence-corrected chi connectivity index (χ3v) is 6.10. The van der Waals surface area contributed by atoms with Crippen LogP contribution in [0.1, 0.15) is 17.3 Å². The Labute approximate surface area is 182 Å². The molecule has 0 aliphatic carbocycles. The molecule has 1 saturated heterocycles. The van der Waals surface area contributed by atoms with Gasteiger partial charge in [0.05, 0.1) is 24.5 Å². The van der Waals surface area contributed by atoms with Crippen molar-refractivity contribution in [3.8, 4) is 17.0 Å². The summed E-state index contributed by atoms with van der Waals surface area (Å²) >= 11 is 0. The van der Waals surface area contributed by atoms with Crippen molar-refractivity contribution in [2.75, 3.05) is 33.8 Å². The van der Waals surface area contributed by atoms with Gasteiger partial charge in [0.15, 0.2) is 0 Å². The number of imidazole rings is 1. The number of nitrogens with zero attached hydrogens (tertiary/aromatic N) is 5. The van der Waals surface area contributed by atoms with E-state index in [2.05, 4.69) is 68.8 Å². The first-order valence-corrected chi connectivity index (χ1v) is 10.7. The largest absolute Gasteiger partial charge is 0.497 e. The molecule has 1 fully saturated rings. The molecule has 1 aliphatic rings. The van der Waals surface area contributed by atoms with Crippen molar-refractivity contribution in [1.29, 1.82) is 0 Å². The molecule has 31 heavy (non-hydrogen) atoms. The van der Waals surface area contributed by atoms with E-state index in [0.717, 1.165) is 54.5 Å². The van der Waals surface area contributed by atoms with E-state index in [4.69, 9.17) is 9.72 Å². The van der Waals surface area contributed by atoms with Gasteiger partial charge in [-0.05, 0) is 49.0 Å². The normalized spacial score (nSPS) is 17.8. The minimum absolute atomic E-state index is 0.254. The van der Waals surface area contributed by atoms with Crippen molar-refractivity contribution in [2.24, 2.45) is 0 Å². The Balaban J connectivity index is 1.42. The molecule has 4 heterocycles. The van der Waals surface area contributed by atoms with E-state index in [1.807, 2.05) is 30.6 Å². The van der Waals surface area contributed by atoms with Crippen LogP contribution in [0.15, 0.2) is 73.2 Å². The summed E-state index contributed by atoms with van der Waals surface area (Å²) in [4.78, 5) is 14.1. The highest BCUT2D eigenvalue weighted by atomic mass is 16.5. The molecular weight excluding hydrogens is 386 g/mol. The van der Waals surface area contributed by atoms with Crippen molar-refractivity contribution in [2.45, 2.75) is 12.6 Å². The first kappa shape index (κ1) is 19.7. The van der Waals surface area contributed by atoms with Crippen LogP contribution in [0.5, 0.6) is 5.75 Å². The van der Waals surface area contributed by atoms with Crippen LogP contribution in [-0.4, -0.2) is 58.0 Å². The predicted molar refractivity (Wildman–Crippen MR) is 122 cm³/mol. The lowest BCUT2D eigenvalue weighted by molar-refractivity contribution is 0.0885. The zero-order valence-corrected chi connectivity index (χ0v) is 18.0. The summed E-state index contributed by atoms with van der Waals surface area (Å²) in [6, 6.07) is 19.0. The SMILES string of the molecule is COc1cccc(CN2CCN(C)[C@@H](c3cn4c(-c5ccncc5)cccc4n3)C2)c1. The Morgan fingerprint density at radius 3 is 2.71 bits per heavy atom. The van der Waals surface area contributed by atoms with Gasteiger partial charge in [0, 0.05) is 50.3 Å². The van der Waals surface area contributed by atoms with Gasteiger partial charge in [0.2, 0.25) is 0 Å². The highest BCUT2D eigenvalue weighted by Crippen LogP contribution is 2.28. The monoisotopic (exact) mass is 413 g/mol. The summed E-state index contributed by atoms with van der Waals surface area (Å²) in [5.74, 6) is 0.909. The summed E-state index contributed by atoms with van der Waals surface area (Å²) in [7, 11) is 3.91. The fourth-order valence-electron chi connectivity index (χ4n) is 4.37. The van der Waals surface area contributed by atoms with Crippen molar-refractivity contribution in [3.63, 3.8) is 0 Å². The number of ether oxygens (including phenoxy) is 1. The van der Waals surface area contributed by atoms with E-state index < -0.39 is 0 Å². The molecule has 0 amide bonds. The second-order valence-electron chi connectivity index (χ2n) is 8.12. The van der Waals surface area contributed by atoms with Gasteiger partial charge < -0.3 is 4.74 Å². The first-order chi connectivity index (χ1) is 15.2. The van der Waals surface area contributed by atoms with Gasteiger partial charge in [0.1, 0.15) is 11.4 Å². The van der Waals surface area contributed by atoms with Crippen LogP contribution in [0.3, 0.4) is 0 Å². The van der Waals surface area contributed by atoms with Crippen LogP contribution in [-0.2, 0) is 6.54 Å². The number of aromatic nitrogens is 3. The van der Waals surface area contributed by atoms with Crippen LogP contribution >= 0.6 is 0 Å². The maximum Gasteiger partial charge on any atom is 0.137 e. The van der Waals surface area contributed by atoms with Gasteiger partial charge in [-0.2, -0.15) is 0 Å². The molecule has 1 aromatic carbocycles. The maximum atomic E-state index is 5.39. The predicted octanol–water partition coefficient (Wildman–Crippen LogP) is 3.89. The summed E-state index contributed by atoms with van der Waals surface area (Å²) in [6.45, 7) is 3.92. The molecule has 1 aliphatic heterocycles. The lowest BCUT2D eigenvalue weighted by Gasteiger charge is -2.38. The lowest BCUT2D eigenvalue weighted by Crippen LogP contribution is -2.46. The number of hydrogen-bond donors (Lipinski definition) is 0. The van der Waals surface area contributed by atoms with E-state index >= 15 is 0 Å². The van der Waals surface area contributed by atoms with Crippen molar-refractivity contribution >= 4 is 5.65 Å². The number of likely N-dealkylation sites (N-methyl/N-ethyl adjacent to an activating group) is 1. The zero-order chi connectivity index (χ0) is 21.2. The molecule has 3 aromatic heterocycles. The molecule has 4 aromatic rings. The van der Waals surface area contributed by atoms with Gasteiger partial charge >= 0.3 is 0 Å². The van der Waals surface area contributed by atoms with E-state index in [9.17, 15) is 0 Å². The molecule has 0 unspecified atom stereocenters. The fraction of sp³-hybridized carbons (Fsp3) is 0.280. The van der Waals surface area contributed by atoms with E-state index in [0.29, 0.717) is 0 Å². The molecule has 0 radical (unpaired) electrons. The first-order valence-electron chi connectivity index (χ1n) is 10.7. The van der Waals surface area contributed by atoms with Crippen molar-refractivity contribution in [1.82, 2.24) is 24.2 Å². The van der Waals surface area contributed by atoms with Crippen LogP contribution in [0.2, 0.25) is 0 Å². The molecule has 0 N–H and O–H groups in total. The van der Waals surface area contributed by atoms with Crippen molar-refractivity contribution in [3.05, 3.63) is 84.4 Å². The van der Waals surface area contributed by atoms with Gasteiger partial charge in [-0.3, -0.25) is 19.2 Å². The number of pyridine rings is 2. The maximum absolute atomic E-state index is 5.39. The minimum atomic E-state index is 0.254. The fourth-order valence-corrected chi connectivity index (χ4v) is 4.37. The van der Waals surface area contributed by atoms with Gasteiger partial charge in [0.25, 0.3) is 0 Å². The summed E-state index contributed by atoms with van der Waals surface area (Å²) in [6.07, 6.45) is 5.86. The van der Waals surface area contributed by atoms with Gasteiger partial charge in [-0.15, -0.1) is 0 Å². The number of piperazine rings is 1. The van der Waals surface area contributed by atoms with Gasteiger partial charge in [-0.25, -0.2) is 4.98 Å². The Kier molecular flexibility index (Phi) is 5.40. The van der Waals surface area contributed by atoms with Crippen LogP contribution in [0.25, 0.3) is 16.9 Å². The lowest BCUT2D eigenvalue weighted by atomic mass is 10.1. The van der Waals surface area contributed by atoms with Gasteiger partial charge in [-0.1, -0.05) is 18.2 Å². The third kappa shape index (κ3) is 4.04. The molecule has 158 valence electrons. The highest BCUT2D eigenvalue weighted by Gasteiger charge is 2.28. The highest BCUT2D eigenvalue weighted by molar-refractivity contribution is 5.63. The quantitative estimate of drug-likeness (QED) is 0.497. The molecule has 0 saturated carbocycles. The molecule has 0 bridgehead atoms. The summed E-state index contributed by atoms with van der Waals surface area (Å²) in [5.41, 5.74) is 5.63. The molecule has 6 nitrogen and oxygen atoms in total. The number of fused-ring (bicyclic) bond motifs is 1. The standard InChI is InChI=1S/C25H27N5O/c1-28-13-14-29(16-19-5-3-6-21(15-19)31-2)18-24(28)22-17-30-23(7-4-8-25(30)27-22)20-9-11-26-12-10-20/h3-12,15,17,24H,13-14,16,18H2,1-2H3/t24-/m1/s1. The number of methoxy groups -OCH3 is 1. The molecule has 5 rings (SSSR count). The zero-order valence-electron chi connectivity index (χ0n) is 18.0. The molecular formula is C25H27N5O. The average Bonchev–Trinajstić information content (AvgIpc) is 3.25. The van der Waals surface area contributed by atoms with E-state index in [-0.39, 0.29) is 6.04 Å².